The van der Waals surface area contributed by atoms with Crippen molar-refractivity contribution in [2.45, 2.75) is 199 Å². The summed E-state index contributed by atoms with van der Waals surface area (Å²) in [6, 6.07) is -1.76. The highest BCUT2D eigenvalue weighted by Crippen LogP contribution is 2.17. The molecule has 10 N–H and O–H groups in total. The van der Waals surface area contributed by atoms with Crippen LogP contribution in [0.15, 0.2) is 12.5 Å². The Balaban J connectivity index is 2.07. The molecule has 79 heavy (non-hydrogen) atoms. The van der Waals surface area contributed by atoms with E-state index in [0.717, 1.165) is 19.3 Å². The zero-order chi connectivity index (χ0) is 58.4. The molecular formula is C56H98N8O15. The molecule has 0 aromatic carbocycles. The number of H-pyrrole nitrogens is 1. The largest absolute Gasteiger partial charge is 0.481 e. The summed E-state index contributed by atoms with van der Waals surface area (Å²) in [6.45, 7) is 6.36. The number of unbranched alkanes of at least 4 members (excludes halogenated alkanes) is 15. The minimum absolute atomic E-state index is 0.0103. The first-order valence-electron chi connectivity index (χ1n) is 28.9. The first kappa shape index (κ1) is 71.8. The third-order valence-electron chi connectivity index (χ3n) is 13.1. The Labute approximate surface area is 468 Å². The molecule has 0 aliphatic rings. The van der Waals surface area contributed by atoms with Crippen LogP contribution in [-0.2, 0) is 68.5 Å². The molecule has 1 heterocycles. The second kappa shape index (κ2) is 46.5. The van der Waals surface area contributed by atoms with E-state index < -0.39 is 47.2 Å². The van der Waals surface area contributed by atoms with Crippen molar-refractivity contribution in [1.82, 2.24) is 36.6 Å². The number of imidazole rings is 1. The Hall–Kier alpha value is -5.20. The van der Waals surface area contributed by atoms with Gasteiger partial charge in [-0.3, -0.25) is 43.2 Å². The number of carbonyl (C=O) groups excluding carboxylic acids is 7. The molecule has 452 valence electrons. The van der Waals surface area contributed by atoms with E-state index in [0.29, 0.717) is 25.0 Å². The molecule has 0 radical (unpaired) electrons. The van der Waals surface area contributed by atoms with Crippen LogP contribution in [0.2, 0.25) is 0 Å². The normalized spacial score (nSPS) is 12.6. The number of ether oxygens (including phenoxy) is 4. The van der Waals surface area contributed by atoms with Crippen LogP contribution in [0.3, 0.4) is 0 Å². The highest BCUT2D eigenvalue weighted by atomic mass is 16.5. The lowest BCUT2D eigenvalue weighted by Crippen LogP contribution is -2.57. The van der Waals surface area contributed by atoms with Crippen molar-refractivity contribution < 1.29 is 72.3 Å². The van der Waals surface area contributed by atoms with Crippen molar-refractivity contribution >= 4 is 52.9 Å². The Morgan fingerprint density at radius 1 is 0.620 bits per heavy atom. The number of nitrogens with two attached hydrogens (primary N) is 1. The van der Waals surface area contributed by atoms with Gasteiger partial charge in [-0.05, 0) is 46.0 Å². The van der Waals surface area contributed by atoms with Crippen LogP contribution in [0.25, 0.3) is 0 Å². The number of nitrogens with zero attached hydrogens (tertiary/aromatic N) is 1. The van der Waals surface area contributed by atoms with Gasteiger partial charge in [-0.25, -0.2) is 4.98 Å². The van der Waals surface area contributed by atoms with E-state index in [4.69, 9.17) is 29.8 Å². The fourth-order valence-electron chi connectivity index (χ4n) is 8.29. The van der Waals surface area contributed by atoms with Crippen molar-refractivity contribution in [3.05, 3.63) is 18.2 Å². The first-order valence-corrected chi connectivity index (χ1v) is 28.9. The van der Waals surface area contributed by atoms with Crippen LogP contribution in [-0.4, -0.2) is 170 Å². The maximum absolute atomic E-state index is 13.1. The Kier molecular flexibility index (Phi) is 42.3. The van der Waals surface area contributed by atoms with Crippen LogP contribution in [0.1, 0.15) is 181 Å². The highest BCUT2D eigenvalue weighted by molar-refractivity contribution is 5.95. The number of hydrogen-bond acceptors (Lipinski definition) is 16. The van der Waals surface area contributed by atoms with E-state index in [9.17, 15) is 48.3 Å². The standard InChI is InChI=1S/C56H98N8O15/c1-4-5-6-7-8-9-10-11-12-13-14-15-16-17-18-21-45(65)36-43(55(74)75)23-25-50(68)60-28-30-76-32-35-79-41-52(70)61-29-31-77-33-34-78-40-51(69)59-27-20-19-22-47(48(66)24-26-53(71)72)62-39-49(67)56(2,3)64-54(73)46(57)37-44-38-58-42-63-44/h38,42-43,46-47,62H,4-37,39-41,57H2,1-3H3,(H,58,63)(H,59,69)(H,60,68)(H,61,70)(H,64,73)(H,71,72)(H,74,75)/t43-,46+,47+/m1/s1. The summed E-state index contributed by atoms with van der Waals surface area (Å²) in [7, 11) is 0. The van der Waals surface area contributed by atoms with Gasteiger partial charge in [0.1, 0.15) is 24.8 Å². The van der Waals surface area contributed by atoms with Crippen LogP contribution >= 0.6 is 0 Å². The van der Waals surface area contributed by atoms with E-state index in [2.05, 4.69) is 43.5 Å². The quantitative estimate of drug-likeness (QED) is 0.0408. The van der Waals surface area contributed by atoms with Crippen molar-refractivity contribution in [2.24, 2.45) is 11.7 Å². The lowest BCUT2D eigenvalue weighted by atomic mass is 9.94. The Bertz CT molecular complexity index is 1870. The number of amides is 4. The van der Waals surface area contributed by atoms with Gasteiger partial charge >= 0.3 is 11.9 Å². The molecule has 3 atom stereocenters. The third-order valence-corrected chi connectivity index (χ3v) is 13.1. The summed E-state index contributed by atoms with van der Waals surface area (Å²) in [5.41, 5.74) is 5.34. The van der Waals surface area contributed by atoms with E-state index in [-0.39, 0.29) is 153 Å². The number of carboxylic acid groups (broad SMARTS) is 2. The third kappa shape index (κ3) is 40.6. The van der Waals surface area contributed by atoms with Gasteiger partial charge in [0, 0.05) is 63.6 Å². The van der Waals surface area contributed by atoms with Crippen molar-refractivity contribution in [3.63, 3.8) is 0 Å². The highest BCUT2D eigenvalue weighted by Gasteiger charge is 2.32. The maximum atomic E-state index is 13.1. The summed E-state index contributed by atoms with van der Waals surface area (Å²) in [4.78, 5) is 117. The molecule has 0 bridgehead atoms. The molecule has 1 rings (SSSR count). The monoisotopic (exact) mass is 1120 g/mol. The van der Waals surface area contributed by atoms with Crippen molar-refractivity contribution in [2.75, 3.05) is 79.0 Å². The van der Waals surface area contributed by atoms with Crippen LogP contribution < -0.4 is 32.3 Å². The van der Waals surface area contributed by atoms with E-state index in [1.165, 1.54) is 97.2 Å². The molecule has 0 saturated heterocycles. The molecule has 23 nitrogen and oxygen atoms in total. The maximum Gasteiger partial charge on any atom is 0.306 e. The van der Waals surface area contributed by atoms with Crippen molar-refractivity contribution in [1.29, 1.82) is 0 Å². The fraction of sp³-hybridized carbons (Fsp3) is 0.786. The number of aliphatic carboxylic acids is 2. The molecule has 0 fully saturated rings. The number of Topliss-reactive ketones (excluding diaryl/α,β-unsaturated/α-hetero) is 3. The molecule has 0 aliphatic heterocycles. The zero-order valence-electron chi connectivity index (χ0n) is 47.8. The van der Waals surface area contributed by atoms with Gasteiger partial charge in [0.25, 0.3) is 0 Å². The summed E-state index contributed by atoms with van der Waals surface area (Å²) >= 11 is 0. The summed E-state index contributed by atoms with van der Waals surface area (Å²) < 4.78 is 21.5. The average molecular weight is 1120 g/mol. The molecule has 0 unspecified atom stereocenters. The van der Waals surface area contributed by atoms with Crippen LogP contribution in [0.4, 0.5) is 0 Å². The number of ketones is 3. The predicted octanol–water partition coefficient (Wildman–Crippen LogP) is 4.42. The number of rotatable bonds is 55. The Morgan fingerprint density at radius 2 is 1.15 bits per heavy atom. The second-order valence-corrected chi connectivity index (χ2v) is 20.6. The number of aromatic nitrogens is 2. The lowest BCUT2D eigenvalue weighted by molar-refractivity contribution is -0.144. The van der Waals surface area contributed by atoms with Gasteiger partial charge in [0.15, 0.2) is 5.78 Å². The SMILES string of the molecule is CCCCCCCCCCCCCCCCCC(=O)C[C@@H](CCC(=O)NCCOCCOCC(=O)NCCOCCOCC(=O)NCCCC[C@H](NCC(=O)C(C)(C)NC(=O)[C@@H](N)Cc1cnc[nH]1)C(=O)CCC(=O)O)C(=O)O. The van der Waals surface area contributed by atoms with Crippen LogP contribution in [0.5, 0.6) is 0 Å². The average Bonchev–Trinajstić information content (AvgIpc) is 3.93. The molecular weight excluding hydrogens is 1020 g/mol. The van der Waals surface area contributed by atoms with E-state index in [1.54, 1.807) is 6.20 Å². The summed E-state index contributed by atoms with van der Waals surface area (Å²) in [5.74, 6) is -5.53. The van der Waals surface area contributed by atoms with E-state index in [1.807, 2.05) is 0 Å². The molecule has 0 aliphatic carbocycles. The van der Waals surface area contributed by atoms with E-state index >= 15 is 0 Å². The van der Waals surface area contributed by atoms with Gasteiger partial charge in [0.2, 0.25) is 23.6 Å². The van der Waals surface area contributed by atoms with Gasteiger partial charge in [-0.1, -0.05) is 96.8 Å². The summed E-state index contributed by atoms with van der Waals surface area (Å²) in [5, 5.41) is 32.3. The van der Waals surface area contributed by atoms with Gasteiger partial charge in [0.05, 0.1) is 82.5 Å². The summed E-state index contributed by atoms with van der Waals surface area (Å²) in [6.07, 6.45) is 22.7. The minimum atomic E-state index is -1.32. The first-order chi connectivity index (χ1) is 37.9. The van der Waals surface area contributed by atoms with Gasteiger partial charge < -0.3 is 66.5 Å². The number of carboxylic acids is 2. The number of nitrogens with one attached hydrogen (secondary N) is 6. The molecule has 1 aromatic heterocycles. The molecule has 0 saturated carbocycles. The second-order valence-electron chi connectivity index (χ2n) is 20.6. The molecule has 4 amide bonds. The number of aromatic amines is 1. The minimum Gasteiger partial charge on any atom is -0.481 e. The fourth-order valence-corrected chi connectivity index (χ4v) is 8.29. The van der Waals surface area contributed by atoms with Crippen molar-refractivity contribution in [3.8, 4) is 0 Å². The smallest absolute Gasteiger partial charge is 0.306 e. The molecule has 23 heteroatoms. The Morgan fingerprint density at radius 3 is 1.68 bits per heavy atom. The number of carbonyl (C=O) groups is 9. The van der Waals surface area contributed by atoms with Crippen LogP contribution in [0, 0.1) is 5.92 Å². The molecule has 0 spiro atoms. The van der Waals surface area contributed by atoms with Gasteiger partial charge in [-0.2, -0.15) is 0 Å². The number of hydrogen-bond donors (Lipinski definition) is 9. The topological polar surface area (TPSA) is 346 Å². The van der Waals surface area contributed by atoms with Gasteiger partial charge in [-0.15, -0.1) is 0 Å². The molecule has 1 aromatic rings. The zero-order valence-corrected chi connectivity index (χ0v) is 47.8. The predicted molar refractivity (Wildman–Crippen MR) is 297 cm³/mol. The lowest BCUT2D eigenvalue weighted by Gasteiger charge is -2.27.